The number of likely N-dealkylation sites (N-methyl/N-ethyl adjacent to an activating group) is 1. The highest BCUT2D eigenvalue weighted by Crippen LogP contribution is 2.39. The first-order valence-corrected chi connectivity index (χ1v) is 11.4. The van der Waals surface area contributed by atoms with Gasteiger partial charge < -0.3 is 9.64 Å². The Labute approximate surface area is 189 Å². The Balaban J connectivity index is 1.66. The third-order valence-electron chi connectivity index (χ3n) is 5.50. The average Bonchev–Trinajstić information content (AvgIpc) is 2.73. The lowest BCUT2D eigenvalue weighted by Crippen LogP contribution is -2.45. The van der Waals surface area contributed by atoms with Gasteiger partial charge in [0.2, 0.25) is 5.91 Å². The number of carbonyl (C=O) groups excluding carboxylic acids is 1. The minimum Gasteiger partial charge on any atom is -0.497 e. The average molecular weight is 438 g/mol. The first-order valence-electron chi connectivity index (χ1n) is 10.5. The molecule has 0 fully saturated rings. The van der Waals surface area contributed by atoms with Crippen LogP contribution < -0.4 is 15.1 Å². The molecule has 164 valence electrons. The van der Waals surface area contributed by atoms with Crippen LogP contribution in [-0.4, -0.2) is 37.1 Å². The molecule has 1 heterocycles. The molecule has 0 atom stereocenters. The van der Waals surface area contributed by atoms with E-state index in [1.165, 1.54) is 28.6 Å². The monoisotopic (exact) mass is 437 g/mol. The number of thioether (sulfide) groups is 1. The molecule has 1 N–H and O–H groups in total. The van der Waals surface area contributed by atoms with E-state index in [-0.39, 0.29) is 11.4 Å². The number of nitrogens with zero attached hydrogens (tertiary/aromatic N) is 2. The maximum atomic E-state index is 12.2. The van der Waals surface area contributed by atoms with Gasteiger partial charge in [-0.05, 0) is 87.7 Å². The highest BCUT2D eigenvalue weighted by Gasteiger charge is 2.30. The summed E-state index contributed by atoms with van der Waals surface area (Å²) in [6.07, 6.45) is 4.04. The highest BCUT2D eigenvalue weighted by atomic mass is 32.2. The number of ether oxygens (including phenoxy) is 1. The van der Waals surface area contributed by atoms with Gasteiger partial charge in [0, 0.05) is 22.7 Å². The third-order valence-corrected chi connectivity index (χ3v) is 6.52. The van der Waals surface area contributed by atoms with Crippen LogP contribution in [0.25, 0.3) is 5.57 Å². The van der Waals surface area contributed by atoms with E-state index in [0.717, 1.165) is 28.3 Å². The van der Waals surface area contributed by atoms with E-state index >= 15 is 0 Å². The molecule has 1 aliphatic rings. The van der Waals surface area contributed by atoms with Crippen LogP contribution in [0.4, 0.5) is 5.69 Å². The van der Waals surface area contributed by atoms with Crippen molar-refractivity contribution in [1.82, 2.24) is 5.43 Å². The molecule has 0 spiro atoms. The standard InChI is InChI=1S/C25H31N3O2S/c1-7-28-23-12-17(2)19(13-22(23)18(3)14-25(28,4)5)15-26-27-24(29)16-31-21-10-8-20(30-6)9-11-21/h8-15H,7,16H2,1-6H3,(H,27,29)/b26-15+. The number of amides is 1. The van der Waals surface area contributed by atoms with Crippen LogP contribution in [0.1, 0.15) is 44.4 Å². The van der Waals surface area contributed by atoms with Crippen LogP contribution in [0.3, 0.4) is 0 Å². The van der Waals surface area contributed by atoms with E-state index in [0.29, 0.717) is 5.75 Å². The fourth-order valence-corrected chi connectivity index (χ4v) is 4.68. The predicted molar refractivity (Wildman–Crippen MR) is 131 cm³/mol. The summed E-state index contributed by atoms with van der Waals surface area (Å²) in [6, 6.07) is 12.0. The maximum absolute atomic E-state index is 12.2. The minimum atomic E-state index is -0.136. The van der Waals surface area contributed by atoms with Crippen molar-refractivity contribution in [3.63, 3.8) is 0 Å². The van der Waals surface area contributed by atoms with Crippen LogP contribution in [-0.2, 0) is 4.79 Å². The first kappa shape index (κ1) is 22.9. The molecule has 0 bridgehead atoms. The van der Waals surface area contributed by atoms with E-state index in [2.05, 4.69) is 68.3 Å². The van der Waals surface area contributed by atoms with Gasteiger partial charge in [-0.2, -0.15) is 5.10 Å². The van der Waals surface area contributed by atoms with E-state index in [1.807, 2.05) is 24.3 Å². The van der Waals surface area contributed by atoms with Crippen molar-refractivity contribution in [1.29, 1.82) is 0 Å². The molecule has 5 nitrogen and oxygen atoms in total. The molecule has 0 aromatic heterocycles. The summed E-state index contributed by atoms with van der Waals surface area (Å²) in [5.41, 5.74) is 8.49. The number of anilines is 1. The molecule has 31 heavy (non-hydrogen) atoms. The van der Waals surface area contributed by atoms with Gasteiger partial charge in [0.1, 0.15) is 5.75 Å². The molecule has 3 rings (SSSR count). The topological polar surface area (TPSA) is 53.9 Å². The van der Waals surface area contributed by atoms with Crippen molar-refractivity contribution >= 4 is 35.1 Å². The molecule has 0 saturated carbocycles. The van der Waals surface area contributed by atoms with Crippen LogP contribution >= 0.6 is 11.8 Å². The summed E-state index contributed by atoms with van der Waals surface area (Å²) in [6.45, 7) is 11.8. The van der Waals surface area contributed by atoms with Gasteiger partial charge in [0.15, 0.2) is 0 Å². The molecular formula is C25H31N3O2S. The Morgan fingerprint density at radius 3 is 2.58 bits per heavy atom. The van der Waals surface area contributed by atoms with Gasteiger partial charge in [0.25, 0.3) is 0 Å². The summed E-state index contributed by atoms with van der Waals surface area (Å²) < 4.78 is 5.15. The van der Waals surface area contributed by atoms with E-state index in [4.69, 9.17) is 4.74 Å². The summed E-state index contributed by atoms with van der Waals surface area (Å²) in [5, 5.41) is 4.19. The summed E-state index contributed by atoms with van der Waals surface area (Å²) in [7, 11) is 1.63. The number of allylic oxidation sites excluding steroid dienone is 1. The second kappa shape index (κ2) is 9.60. The van der Waals surface area contributed by atoms with E-state index in [1.54, 1.807) is 13.3 Å². The molecular weight excluding hydrogens is 406 g/mol. The summed E-state index contributed by atoms with van der Waals surface area (Å²) in [4.78, 5) is 15.6. The Morgan fingerprint density at radius 2 is 1.94 bits per heavy atom. The largest absolute Gasteiger partial charge is 0.497 e. The normalized spacial score (nSPS) is 14.9. The Bertz CT molecular complexity index is 1010. The number of hydrogen-bond acceptors (Lipinski definition) is 5. The number of rotatable bonds is 7. The minimum absolute atomic E-state index is 0.0105. The fourth-order valence-electron chi connectivity index (χ4n) is 3.99. The van der Waals surface area contributed by atoms with Crippen LogP contribution in [0.2, 0.25) is 0 Å². The SMILES string of the molecule is CCN1c2cc(C)c(/C=N/NC(=O)CSc3ccc(OC)cc3)cc2C(C)=CC1(C)C. The molecule has 2 aromatic carbocycles. The molecule has 0 unspecified atom stereocenters. The number of aryl methyl sites for hydroxylation is 1. The van der Waals surface area contributed by atoms with Crippen LogP contribution in [0.5, 0.6) is 5.75 Å². The Hall–Kier alpha value is -2.73. The fraction of sp³-hybridized carbons (Fsp3) is 0.360. The summed E-state index contributed by atoms with van der Waals surface area (Å²) >= 11 is 1.46. The van der Waals surface area contributed by atoms with Crippen LogP contribution in [0.15, 0.2) is 52.5 Å². The number of methoxy groups -OCH3 is 1. The Morgan fingerprint density at radius 1 is 1.23 bits per heavy atom. The quantitative estimate of drug-likeness (QED) is 0.364. The molecule has 6 heteroatoms. The second-order valence-corrected chi connectivity index (χ2v) is 9.26. The molecule has 0 radical (unpaired) electrons. The van der Waals surface area contributed by atoms with Gasteiger partial charge in [-0.25, -0.2) is 5.43 Å². The van der Waals surface area contributed by atoms with Gasteiger partial charge in [-0.15, -0.1) is 11.8 Å². The van der Waals surface area contributed by atoms with Gasteiger partial charge >= 0.3 is 0 Å². The van der Waals surface area contributed by atoms with Gasteiger partial charge in [-0.3, -0.25) is 4.79 Å². The van der Waals surface area contributed by atoms with E-state index in [9.17, 15) is 4.79 Å². The molecule has 1 aliphatic heterocycles. The second-order valence-electron chi connectivity index (χ2n) is 8.21. The molecule has 2 aromatic rings. The highest BCUT2D eigenvalue weighted by molar-refractivity contribution is 8.00. The number of nitrogens with one attached hydrogen (secondary N) is 1. The van der Waals surface area contributed by atoms with Gasteiger partial charge in [0.05, 0.1) is 24.6 Å². The number of hydrazone groups is 1. The van der Waals surface area contributed by atoms with Crippen molar-refractivity contribution in [3.8, 4) is 5.75 Å². The number of benzene rings is 2. The lowest BCUT2D eigenvalue weighted by molar-refractivity contribution is -0.118. The zero-order chi connectivity index (χ0) is 22.6. The zero-order valence-electron chi connectivity index (χ0n) is 19.2. The van der Waals surface area contributed by atoms with E-state index < -0.39 is 0 Å². The van der Waals surface area contributed by atoms with Crippen LogP contribution in [0, 0.1) is 6.92 Å². The third kappa shape index (κ3) is 5.31. The summed E-state index contributed by atoms with van der Waals surface area (Å²) in [5.74, 6) is 0.965. The molecule has 0 saturated heterocycles. The number of fused-ring (bicyclic) bond motifs is 1. The first-order chi connectivity index (χ1) is 14.7. The molecule has 0 aliphatic carbocycles. The van der Waals surface area contributed by atoms with Crippen molar-refractivity contribution < 1.29 is 9.53 Å². The van der Waals surface area contributed by atoms with Crippen molar-refractivity contribution in [2.75, 3.05) is 24.3 Å². The van der Waals surface area contributed by atoms with Crippen molar-refractivity contribution in [2.45, 2.75) is 45.1 Å². The molecule has 1 amide bonds. The Kier molecular flexibility index (Phi) is 7.11. The van der Waals surface area contributed by atoms with Crippen molar-refractivity contribution in [3.05, 3.63) is 59.2 Å². The zero-order valence-corrected chi connectivity index (χ0v) is 20.0. The number of hydrogen-bond donors (Lipinski definition) is 1. The van der Waals surface area contributed by atoms with Gasteiger partial charge in [-0.1, -0.05) is 6.08 Å². The maximum Gasteiger partial charge on any atom is 0.250 e. The smallest absolute Gasteiger partial charge is 0.250 e. The lowest BCUT2D eigenvalue weighted by Gasteiger charge is -2.43. The van der Waals surface area contributed by atoms with Crippen molar-refractivity contribution in [2.24, 2.45) is 5.10 Å². The predicted octanol–water partition coefficient (Wildman–Crippen LogP) is 5.27. The lowest BCUT2D eigenvalue weighted by atomic mass is 9.87. The number of carbonyl (C=O) groups is 1.